The van der Waals surface area contributed by atoms with Crippen molar-refractivity contribution in [2.45, 2.75) is 13.3 Å². The number of likely N-dealkylation sites (N-methyl/N-ethyl adjacent to an activating group) is 1. The minimum Gasteiger partial charge on any atom is -0.480 e. The minimum absolute atomic E-state index is 0.00165. The lowest BCUT2D eigenvalue weighted by molar-refractivity contribution is -0.137. The summed E-state index contributed by atoms with van der Waals surface area (Å²) in [7, 11) is -3.03. The maximum Gasteiger partial charge on any atom is 0.323 e. The molecule has 0 fully saturated rings. The molecular formula is C9H18N2O5S. The Morgan fingerprint density at radius 3 is 2.35 bits per heavy atom. The predicted octanol–water partition coefficient (Wildman–Crippen LogP) is -0.463. The van der Waals surface area contributed by atoms with Crippen LogP contribution in [0.15, 0.2) is 0 Å². The lowest BCUT2D eigenvalue weighted by Gasteiger charge is -2.18. The summed E-state index contributed by atoms with van der Waals surface area (Å²) >= 11 is 0. The molecule has 0 aliphatic rings. The number of hydrogen-bond acceptors (Lipinski definition) is 4. The molecule has 0 aliphatic heterocycles. The van der Waals surface area contributed by atoms with Crippen molar-refractivity contribution in [2.24, 2.45) is 0 Å². The summed E-state index contributed by atoms with van der Waals surface area (Å²) in [6.07, 6.45) is 1.44. The number of nitrogens with zero attached hydrogens (tertiary/aromatic N) is 1. The summed E-state index contributed by atoms with van der Waals surface area (Å²) < 4.78 is 21.6. The number of urea groups is 1. The standard InChI is InChI=1S/C9H18N2O5S/c1-3-11(7-8(12)13)9(14)10-5-4-6-17(2,15)16/h3-7H2,1-2H3,(H,10,14)(H,12,13). The van der Waals surface area contributed by atoms with Crippen molar-refractivity contribution in [3.8, 4) is 0 Å². The maximum absolute atomic E-state index is 11.4. The van der Waals surface area contributed by atoms with Gasteiger partial charge in [-0.05, 0) is 13.3 Å². The molecule has 0 heterocycles. The SMILES string of the molecule is CCN(CC(=O)O)C(=O)NCCCS(C)(=O)=O. The van der Waals surface area contributed by atoms with Gasteiger partial charge in [-0.3, -0.25) is 4.79 Å². The zero-order valence-corrected chi connectivity index (χ0v) is 10.8. The molecule has 0 atom stereocenters. The van der Waals surface area contributed by atoms with Crippen molar-refractivity contribution >= 4 is 21.8 Å². The number of hydrogen-bond donors (Lipinski definition) is 2. The summed E-state index contributed by atoms with van der Waals surface area (Å²) in [5.74, 6) is -1.09. The van der Waals surface area contributed by atoms with Gasteiger partial charge in [0.05, 0.1) is 5.75 Å². The lowest BCUT2D eigenvalue weighted by Crippen LogP contribution is -2.43. The van der Waals surface area contributed by atoms with E-state index in [1.807, 2.05) is 0 Å². The zero-order chi connectivity index (χ0) is 13.5. The van der Waals surface area contributed by atoms with Crippen LogP contribution in [-0.4, -0.2) is 62.1 Å². The normalized spacial score (nSPS) is 10.9. The summed E-state index contributed by atoms with van der Waals surface area (Å²) in [6, 6.07) is -0.497. The smallest absolute Gasteiger partial charge is 0.323 e. The van der Waals surface area contributed by atoms with E-state index in [1.54, 1.807) is 6.92 Å². The van der Waals surface area contributed by atoms with Crippen molar-refractivity contribution in [1.29, 1.82) is 0 Å². The van der Waals surface area contributed by atoms with Gasteiger partial charge in [0.25, 0.3) is 0 Å². The Morgan fingerprint density at radius 2 is 1.94 bits per heavy atom. The number of sulfone groups is 1. The van der Waals surface area contributed by atoms with Gasteiger partial charge in [-0.2, -0.15) is 0 Å². The molecule has 0 unspecified atom stereocenters. The van der Waals surface area contributed by atoms with E-state index in [2.05, 4.69) is 5.32 Å². The van der Waals surface area contributed by atoms with Crippen LogP contribution < -0.4 is 5.32 Å². The zero-order valence-electron chi connectivity index (χ0n) is 9.97. The summed E-state index contributed by atoms with van der Waals surface area (Å²) in [4.78, 5) is 23.0. The second-order valence-corrected chi connectivity index (χ2v) is 5.88. The summed E-state index contributed by atoms with van der Waals surface area (Å²) in [6.45, 7) is 1.79. The van der Waals surface area contributed by atoms with E-state index < -0.39 is 21.8 Å². The second kappa shape index (κ2) is 7.10. The fourth-order valence-corrected chi connectivity index (χ4v) is 1.80. The van der Waals surface area contributed by atoms with Crippen molar-refractivity contribution < 1.29 is 23.1 Å². The molecule has 0 saturated carbocycles. The highest BCUT2D eigenvalue weighted by molar-refractivity contribution is 7.90. The predicted molar refractivity (Wildman–Crippen MR) is 62.6 cm³/mol. The molecular weight excluding hydrogens is 248 g/mol. The molecule has 2 amide bonds. The van der Waals surface area contributed by atoms with Crippen molar-refractivity contribution in [2.75, 3.05) is 31.6 Å². The van der Waals surface area contributed by atoms with Crippen LogP contribution in [0.5, 0.6) is 0 Å². The fourth-order valence-electron chi connectivity index (χ4n) is 1.13. The topological polar surface area (TPSA) is 104 Å². The molecule has 0 spiro atoms. The van der Waals surface area contributed by atoms with Crippen LogP contribution in [0, 0.1) is 0 Å². The van der Waals surface area contributed by atoms with Gasteiger partial charge in [-0.25, -0.2) is 13.2 Å². The summed E-state index contributed by atoms with van der Waals surface area (Å²) in [5, 5.41) is 11.0. The van der Waals surface area contributed by atoms with E-state index >= 15 is 0 Å². The molecule has 2 N–H and O–H groups in total. The van der Waals surface area contributed by atoms with Gasteiger partial charge in [0, 0.05) is 19.3 Å². The molecule has 0 aromatic carbocycles. The largest absolute Gasteiger partial charge is 0.480 e. The second-order valence-electron chi connectivity index (χ2n) is 3.62. The highest BCUT2D eigenvalue weighted by atomic mass is 32.2. The van der Waals surface area contributed by atoms with Crippen LogP contribution in [0.1, 0.15) is 13.3 Å². The third-order valence-corrected chi connectivity index (χ3v) is 2.99. The molecule has 0 rings (SSSR count). The lowest BCUT2D eigenvalue weighted by atomic mass is 10.4. The molecule has 0 aromatic rings. The van der Waals surface area contributed by atoms with Gasteiger partial charge in [0.15, 0.2) is 0 Å². The van der Waals surface area contributed by atoms with Gasteiger partial charge < -0.3 is 15.3 Å². The first-order chi connectivity index (χ1) is 7.76. The fraction of sp³-hybridized carbons (Fsp3) is 0.778. The minimum atomic E-state index is -3.03. The number of nitrogens with one attached hydrogen (secondary N) is 1. The number of carboxylic acid groups (broad SMARTS) is 1. The highest BCUT2D eigenvalue weighted by Gasteiger charge is 2.14. The van der Waals surface area contributed by atoms with E-state index in [1.165, 1.54) is 0 Å². The first-order valence-electron chi connectivity index (χ1n) is 5.18. The molecule has 0 aromatic heterocycles. The van der Waals surface area contributed by atoms with Crippen LogP contribution in [-0.2, 0) is 14.6 Å². The van der Waals surface area contributed by atoms with Crippen LogP contribution in [0.2, 0.25) is 0 Å². The molecule has 100 valence electrons. The van der Waals surface area contributed by atoms with Gasteiger partial charge in [0.1, 0.15) is 16.4 Å². The number of rotatable bonds is 7. The number of aliphatic carboxylic acids is 1. The van der Waals surface area contributed by atoms with E-state index in [0.29, 0.717) is 6.42 Å². The number of amides is 2. The average molecular weight is 266 g/mol. The van der Waals surface area contributed by atoms with E-state index in [9.17, 15) is 18.0 Å². The quantitative estimate of drug-likeness (QED) is 0.607. The molecule has 17 heavy (non-hydrogen) atoms. The third kappa shape index (κ3) is 8.49. The Morgan fingerprint density at radius 1 is 1.35 bits per heavy atom. The molecule has 7 nitrogen and oxygen atoms in total. The van der Waals surface area contributed by atoms with Gasteiger partial charge >= 0.3 is 12.0 Å². The van der Waals surface area contributed by atoms with Gasteiger partial charge in [-0.15, -0.1) is 0 Å². The van der Waals surface area contributed by atoms with E-state index in [0.717, 1.165) is 11.2 Å². The molecule has 0 radical (unpaired) electrons. The van der Waals surface area contributed by atoms with Gasteiger partial charge in [0.2, 0.25) is 0 Å². The van der Waals surface area contributed by atoms with E-state index in [4.69, 9.17) is 5.11 Å². The Bertz CT molecular complexity index is 366. The summed E-state index contributed by atoms with van der Waals surface area (Å²) in [5.41, 5.74) is 0. The molecule has 0 bridgehead atoms. The van der Waals surface area contributed by atoms with Crippen molar-refractivity contribution in [3.63, 3.8) is 0 Å². The number of carboxylic acids is 1. The van der Waals surface area contributed by atoms with Crippen LogP contribution >= 0.6 is 0 Å². The Labute approximate surface area is 101 Å². The molecule has 8 heteroatoms. The number of carbonyl (C=O) groups excluding carboxylic acids is 1. The van der Waals surface area contributed by atoms with Gasteiger partial charge in [-0.1, -0.05) is 0 Å². The van der Waals surface area contributed by atoms with E-state index in [-0.39, 0.29) is 25.4 Å². The van der Waals surface area contributed by atoms with Crippen molar-refractivity contribution in [1.82, 2.24) is 10.2 Å². The Balaban J connectivity index is 3.95. The van der Waals surface area contributed by atoms with Crippen LogP contribution in [0.25, 0.3) is 0 Å². The number of carbonyl (C=O) groups is 2. The Kier molecular flexibility index (Phi) is 6.55. The molecule has 0 saturated heterocycles. The maximum atomic E-state index is 11.4. The average Bonchev–Trinajstić information content (AvgIpc) is 2.19. The highest BCUT2D eigenvalue weighted by Crippen LogP contribution is 1.91. The Hall–Kier alpha value is -1.31. The van der Waals surface area contributed by atoms with Crippen LogP contribution in [0.3, 0.4) is 0 Å². The first kappa shape index (κ1) is 15.7. The first-order valence-corrected chi connectivity index (χ1v) is 7.24. The van der Waals surface area contributed by atoms with Crippen LogP contribution in [0.4, 0.5) is 4.79 Å². The molecule has 0 aliphatic carbocycles. The third-order valence-electron chi connectivity index (χ3n) is 1.96. The van der Waals surface area contributed by atoms with Crippen molar-refractivity contribution in [3.05, 3.63) is 0 Å². The monoisotopic (exact) mass is 266 g/mol.